The van der Waals surface area contributed by atoms with Crippen molar-refractivity contribution in [1.29, 1.82) is 0 Å². The minimum atomic E-state index is -0.330. The fraction of sp³-hybridized carbons (Fsp3) is 0.133. The fourth-order valence-electron chi connectivity index (χ4n) is 2.46. The predicted molar refractivity (Wildman–Crippen MR) is 87.3 cm³/mol. The van der Waals surface area contributed by atoms with Gasteiger partial charge in [-0.05, 0) is 0 Å². The number of thioether (sulfide) groups is 1. The van der Waals surface area contributed by atoms with E-state index in [1.165, 1.54) is 18.1 Å². The van der Waals surface area contributed by atoms with Gasteiger partial charge in [-0.3, -0.25) is 9.79 Å². The third-order valence-electron chi connectivity index (χ3n) is 3.49. The molecule has 4 rings (SSSR count). The molecule has 0 saturated heterocycles. The van der Waals surface area contributed by atoms with Crippen LogP contribution in [0.15, 0.2) is 51.6 Å². The van der Waals surface area contributed by atoms with E-state index in [4.69, 9.17) is 0 Å². The number of hydrogen-bond donors (Lipinski definition) is 0. The zero-order valence-electron chi connectivity index (χ0n) is 11.7. The lowest BCUT2D eigenvalue weighted by atomic mass is 10.1. The van der Waals surface area contributed by atoms with Gasteiger partial charge >= 0.3 is 0 Å². The molecule has 6 nitrogen and oxygen atoms in total. The second kappa shape index (κ2) is 5.03. The third kappa shape index (κ3) is 2.01. The zero-order valence-corrected chi connectivity index (χ0v) is 12.5. The van der Waals surface area contributed by atoms with Gasteiger partial charge in [0.25, 0.3) is 5.91 Å². The molecule has 22 heavy (non-hydrogen) atoms. The largest absolute Gasteiger partial charge is 0.335 e. The molecule has 2 aliphatic heterocycles. The number of nitrogens with zero attached hydrogens (tertiary/aromatic N) is 5. The van der Waals surface area contributed by atoms with E-state index in [9.17, 15) is 4.79 Å². The molecular formula is C15H11N5OS. The average molecular weight is 309 g/mol. The van der Waals surface area contributed by atoms with E-state index in [-0.39, 0.29) is 11.3 Å². The highest BCUT2D eigenvalue weighted by molar-refractivity contribution is 8.16. The first-order valence-electron chi connectivity index (χ1n) is 6.70. The van der Waals surface area contributed by atoms with Crippen molar-refractivity contribution >= 4 is 34.8 Å². The molecule has 2 aliphatic rings. The number of imidazole rings is 1. The summed E-state index contributed by atoms with van der Waals surface area (Å²) in [5, 5.41) is 0.396. The molecule has 1 aromatic carbocycles. The molecule has 3 heterocycles. The molecule has 0 N–H and O–H groups in total. The van der Waals surface area contributed by atoms with Crippen LogP contribution >= 0.6 is 11.8 Å². The summed E-state index contributed by atoms with van der Waals surface area (Å²) >= 11 is 1.45. The molecule has 0 fully saturated rings. The number of amides is 1. The van der Waals surface area contributed by atoms with Gasteiger partial charge < -0.3 is 4.57 Å². The summed E-state index contributed by atoms with van der Waals surface area (Å²) in [5.41, 5.74) is 3.20. The monoisotopic (exact) mass is 309 g/mol. The fourth-order valence-corrected chi connectivity index (χ4v) is 3.58. The highest BCUT2D eigenvalue weighted by Gasteiger charge is 2.34. The van der Waals surface area contributed by atoms with E-state index < -0.39 is 0 Å². The van der Waals surface area contributed by atoms with Crippen molar-refractivity contribution in [1.82, 2.24) is 9.55 Å². The lowest BCUT2D eigenvalue weighted by Gasteiger charge is -2.10. The van der Waals surface area contributed by atoms with Crippen molar-refractivity contribution in [2.45, 2.75) is 5.37 Å². The van der Waals surface area contributed by atoms with Crippen LogP contribution < -0.4 is 0 Å². The Morgan fingerprint density at radius 3 is 2.82 bits per heavy atom. The molecule has 1 amide bonds. The standard InChI is InChI=1S/C15H11N5OS/c1-20-8-18-10(9-5-3-2-4-6-9)12(20)15-19-11-13(21)16-7-17-14(11)22-15/h2-8,15H,1H3. The van der Waals surface area contributed by atoms with E-state index in [1.807, 2.05) is 41.9 Å². The predicted octanol–water partition coefficient (Wildman–Crippen LogP) is 2.24. The maximum Gasteiger partial charge on any atom is 0.299 e. The first-order chi connectivity index (χ1) is 10.7. The number of carbonyl (C=O) groups is 1. The lowest BCUT2D eigenvalue weighted by molar-refractivity contribution is -0.111. The van der Waals surface area contributed by atoms with Crippen LogP contribution in [-0.2, 0) is 11.8 Å². The second-order valence-corrected chi connectivity index (χ2v) is 5.96. The minimum Gasteiger partial charge on any atom is -0.335 e. The minimum absolute atomic E-state index is 0.234. The number of fused-ring (bicyclic) bond motifs is 1. The Balaban J connectivity index is 1.79. The molecule has 2 aromatic rings. The first-order valence-corrected chi connectivity index (χ1v) is 7.58. The van der Waals surface area contributed by atoms with Crippen LogP contribution in [-0.4, -0.2) is 32.6 Å². The number of aromatic nitrogens is 2. The van der Waals surface area contributed by atoms with Crippen LogP contribution in [0, 0.1) is 0 Å². The van der Waals surface area contributed by atoms with Gasteiger partial charge in [0.05, 0.1) is 17.7 Å². The van der Waals surface area contributed by atoms with Crippen LogP contribution in [0.2, 0.25) is 0 Å². The van der Waals surface area contributed by atoms with Gasteiger partial charge in [-0.25, -0.2) is 9.98 Å². The Bertz CT molecular complexity index is 850. The van der Waals surface area contributed by atoms with Crippen LogP contribution in [0.1, 0.15) is 11.1 Å². The van der Waals surface area contributed by atoms with Crippen molar-refractivity contribution in [2.75, 3.05) is 0 Å². The second-order valence-electron chi connectivity index (χ2n) is 4.89. The smallest absolute Gasteiger partial charge is 0.299 e. The van der Waals surface area contributed by atoms with Crippen LogP contribution in [0.25, 0.3) is 11.3 Å². The Hall–Kier alpha value is -2.54. The Morgan fingerprint density at radius 1 is 1.23 bits per heavy atom. The van der Waals surface area contributed by atoms with E-state index in [0.29, 0.717) is 10.8 Å². The first kappa shape index (κ1) is 13.1. The van der Waals surface area contributed by atoms with Gasteiger partial charge in [-0.15, -0.1) is 0 Å². The molecular weight excluding hydrogens is 298 g/mol. The summed E-state index contributed by atoms with van der Waals surface area (Å²) in [6, 6.07) is 9.94. The molecule has 1 unspecified atom stereocenters. The van der Waals surface area contributed by atoms with Crippen LogP contribution in [0.4, 0.5) is 0 Å². The Kier molecular flexibility index (Phi) is 3.00. The summed E-state index contributed by atoms with van der Waals surface area (Å²) in [4.78, 5) is 28.6. The maximum absolute atomic E-state index is 11.8. The highest BCUT2D eigenvalue weighted by atomic mass is 32.2. The van der Waals surface area contributed by atoms with E-state index >= 15 is 0 Å². The zero-order chi connectivity index (χ0) is 15.1. The molecule has 7 heteroatoms. The number of carbonyl (C=O) groups excluding carboxylic acids is 1. The van der Waals surface area contributed by atoms with Gasteiger partial charge in [0.15, 0.2) is 5.71 Å². The SMILES string of the molecule is Cn1cnc(-c2ccccc2)c1C1N=C2C(=O)N=CN=C2S1. The maximum atomic E-state index is 11.8. The summed E-state index contributed by atoms with van der Waals surface area (Å²) in [5.74, 6) is -0.330. The molecule has 0 saturated carbocycles. The number of aliphatic imine (C=N–C) groups is 3. The molecule has 0 bridgehead atoms. The molecule has 0 aliphatic carbocycles. The van der Waals surface area contributed by atoms with E-state index in [2.05, 4.69) is 20.0 Å². The molecule has 1 aromatic heterocycles. The van der Waals surface area contributed by atoms with Gasteiger partial charge in [0, 0.05) is 12.6 Å². The van der Waals surface area contributed by atoms with E-state index in [1.54, 1.807) is 6.33 Å². The van der Waals surface area contributed by atoms with Crippen LogP contribution in [0.5, 0.6) is 0 Å². The highest BCUT2D eigenvalue weighted by Crippen LogP contribution is 2.41. The lowest BCUT2D eigenvalue weighted by Crippen LogP contribution is -2.20. The Labute approximate surface area is 130 Å². The summed E-state index contributed by atoms with van der Waals surface area (Å²) in [7, 11) is 1.93. The summed E-state index contributed by atoms with van der Waals surface area (Å²) < 4.78 is 1.94. The number of benzene rings is 1. The van der Waals surface area contributed by atoms with Gasteiger partial charge in [-0.1, -0.05) is 42.1 Å². The topological polar surface area (TPSA) is 72.0 Å². The molecule has 1 atom stereocenters. The Morgan fingerprint density at radius 2 is 2.05 bits per heavy atom. The van der Waals surface area contributed by atoms with Crippen molar-refractivity contribution < 1.29 is 4.79 Å². The summed E-state index contributed by atoms with van der Waals surface area (Å²) in [6.45, 7) is 0. The van der Waals surface area contributed by atoms with E-state index in [0.717, 1.165) is 17.0 Å². The molecule has 0 radical (unpaired) electrons. The van der Waals surface area contributed by atoms with Crippen LogP contribution in [0.3, 0.4) is 0 Å². The average Bonchev–Trinajstić information content (AvgIpc) is 3.12. The molecule has 108 valence electrons. The van der Waals surface area contributed by atoms with Crippen molar-refractivity contribution in [3.63, 3.8) is 0 Å². The third-order valence-corrected chi connectivity index (χ3v) is 4.56. The summed E-state index contributed by atoms with van der Waals surface area (Å²) in [6.07, 6.45) is 3.05. The van der Waals surface area contributed by atoms with Gasteiger partial charge in [0.1, 0.15) is 16.8 Å². The quantitative estimate of drug-likeness (QED) is 0.854. The van der Waals surface area contributed by atoms with Gasteiger partial charge in [0.2, 0.25) is 0 Å². The normalized spacial score (nSPS) is 19.9. The number of rotatable bonds is 2. The van der Waals surface area contributed by atoms with Gasteiger partial charge in [-0.2, -0.15) is 4.99 Å². The van der Waals surface area contributed by atoms with Crippen molar-refractivity contribution in [2.24, 2.45) is 22.0 Å². The number of hydrogen-bond acceptors (Lipinski definition) is 5. The van der Waals surface area contributed by atoms with Crippen molar-refractivity contribution in [3.05, 3.63) is 42.4 Å². The number of aryl methyl sites for hydroxylation is 1. The van der Waals surface area contributed by atoms with Crippen molar-refractivity contribution in [3.8, 4) is 11.3 Å². The molecule has 0 spiro atoms.